The molecule has 11 rings (SSSR count). The summed E-state index contributed by atoms with van der Waals surface area (Å²) < 4.78 is 6.21. The molecule has 1 aliphatic carbocycles. The Kier molecular flexibility index (Phi) is 6.23. The minimum Gasteiger partial charge on any atom is -0.456 e. The van der Waals surface area contributed by atoms with Crippen LogP contribution in [0.15, 0.2) is 199 Å². The van der Waals surface area contributed by atoms with Crippen molar-refractivity contribution < 1.29 is 4.42 Å². The molecular formula is C51H32O. The van der Waals surface area contributed by atoms with Crippen molar-refractivity contribution in [3.8, 4) is 33.4 Å². The van der Waals surface area contributed by atoms with Crippen molar-refractivity contribution >= 4 is 43.5 Å². The molecule has 242 valence electrons. The second-order valence-corrected chi connectivity index (χ2v) is 14.0. The quantitative estimate of drug-likeness (QED) is 0.183. The van der Waals surface area contributed by atoms with Crippen LogP contribution in [0.1, 0.15) is 22.3 Å². The summed E-state index contributed by atoms with van der Waals surface area (Å²) >= 11 is 0. The van der Waals surface area contributed by atoms with Gasteiger partial charge in [0.1, 0.15) is 11.2 Å². The maximum absolute atomic E-state index is 6.21. The maximum Gasteiger partial charge on any atom is 0.136 e. The Morgan fingerprint density at radius 2 is 0.865 bits per heavy atom. The van der Waals surface area contributed by atoms with E-state index in [2.05, 4.69) is 182 Å². The molecule has 0 saturated heterocycles. The van der Waals surface area contributed by atoms with Gasteiger partial charge in [0, 0.05) is 10.8 Å². The van der Waals surface area contributed by atoms with Gasteiger partial charge in [-0.2, -0.15) is 0 Å². The molecule has 0 saturated carbocycles. The van der Waals surface area contributed by atoms with E-state index in [-0.39, 0.29) is 0 Å². The average molecular weight is 661 g/mol. The molecule has 9 aromatic carbocycles. The molecule has 1 aromatic heterocycles. The Bertz CT molecular complexity index is 2960. The van der Waals surface area contributed by atoms with Crippen LogP contribution in [0, 0.1) is 0 Å². The molecule has 0 fully saturated rings. The van der Waals surface area contributed by atoms with Gasteiger partial charge < -0.3 is 4.42 Å². The van der Waals surface area contributed by atoms with Crippen molar-refractivity contribution in [3.05, 3.63) is 216 Å². The number of benzene rings is 9. The van der Waals surface area contributed by atoms with E-state index in [9.17, 15) is 0 Å². The molecular weight excluding hydrogens is 629 g/mol. The van der Waals surface area contributed by atoms with Gasteiger partial charge in [0.2, 0.25) is 0 Å². The molecule has 0 radical (unpaired) electrons. The Hall–Kier alpha value is -6.70. The number of hydrogen-bond donors (Lipinski definition) is 0. The lowest BCUT2D eigenvalue weighted by atomic mass is 9.66. The smallest absolute Gasteiger partial charge is 0.136 e. The van der Waals surface area contributed by atoms with Crippen LogP contribution in [0.5, 0.6) is 0 Å². The highest BCUT2D eigenvalue weighted by Gasteiger charge is 2.46. The second kappa shape index (κ2) is 11.2. The fraction of sp³-hybridized carbons (Fsp3) is 0.0196. The average Bonchev–Trinajstić information content (AvgIpc) is 3.75. The van der Waals surface area contributed by atoms with Crippen molar-refractivity contribution in [1.82, 2.24) is 0 Å². The summed E-state index contributed by atoms with van der Waals surface area (Å²) in [5, 5.41) is 7.28. The zero-order chi connectivity index (χ0) is 34.2. The summed E-state index contributed by atoms with van der Waals surface area (Å²) in [6.07, 6.45) is 0. The van der Waals surface area contributed by atoms with Crippen molar-refractivity contribution in [1.29, 1.82) is 0 Å². The standard InChI is InChI=1S/C51H32O/c1-3-11-40(12-4-1)51(41-13-5-2-6-14-41)47-17-9-7-15-42(47)45-28-25-33-19-20-38(31-46(33)50(45)51)36-23-21-35-30-37(24-22-34(35)29-36)39-26-27-44-43-16-8-10-18-48(43)52-49(44)32-39/h1-32H. The third-order valence-electron chi connectivity index (χ3n) is 11.3. The maximum atomic E-state index is 6.21. The Balaban J connectivity index is 1.06. The van der Waals surface area contributed by atoms with E-state index < -0.39 is 5.41 Å². The van der Waals surface area contributed by atoms with Crippen LogP contribution in [0.4, 0.5) is 0 Å². The van der Waals surface area contributed by atoms with E-state index >= 15 is 0 Å². The molecule has 0 spiro atoms. The molecule has 1 aliphatic rings. The highest BCUT2D eigenvalue weighted by molar-refractivity contribution is 6.06. The van der Waals surface area contributed by atoms with Gasteiger partial charge in [-0.25, -0.2) is 0 Å². The van der Waals surface area contributed by atoms with E-state index in [1.807, 2.05) is 12.1 Å². The molecule has 10 aromatic rings. The lowest BCUT2D eigenvalue weighted by molar-refractivity contribution is 0.669. The van der Waals surface area contributed by atoms with E-state index in [4.69, 9.17) is 4.42 Å². The fourth-order valence-electron chi connectivity index (χ4n) is 8.96. The minimum atomic E-state index is -0.447. The fourth-order valence-corrected chi connectivity index (χ4v) is 8.96. The van der Waals surface area contributed by atoms with E-state index in [1.54, 1.807) is 0 Å². The van der Waals surface area contributed by atoms with Crippen molar-refractivity contribution in [2.45, 2.75) is 5.41 Å². The molecule has 0 N–H and O–H groups in total. The predicted molar refractivity (Wildman–Crippen MR) is 217 cm³/mol. The molecule has 0 atom stereocenters. The highest BCUT2D eigenvalue weighted by Crippen LogP contribution is 2.58. The lowest BCUT2D eigenvalue weighted by Crippen LogP contribution is -2.28. The monoisotopic (exact) mass is 660 g/mol. The normalized spacial score (nSPS) is 13.2. The third-order valence-corrected chi connectivity index (χ3v) is 11.3. The van der Waals surface area contributed by atoms with Gasteiger partial charge >= 0.3 is 0 Å². The van der Waals surface area contributed by atoms with Gasteiger partial charge in [-0.05, 0) is 114 Å². The van der Waals surface area contributed by atoms with Crippen LogP contribution in [-0.2, 0) is 5.41 Å². The van der Waals surface area contributed by atoms with Gasteiger partial charge in [0.05, 0.1) is 5.41 Å². The molecule has 1 heteroatoms. The number of hydrogen-bond acceptors (Lipinski definition) is 1. The van der Waals surface area contributed by atoms with Crippen molar-refractivity contribution in [2.24, 2.45) is 0 Å². The van der Waals surface area contributed by atoms with Crippen molar-refractivity contribution in [3.63, 3.8) is 0 Å². The van der Waals surface area contributed by atoms with Crippen LogP contribution in [0.2, 0.25) is 0 Å². The largest absolute Gasteiger partial charge is 0.456 e. The second-order valence-electron chi connectivity index (χ2n) is 14.0. The first kappa shape index (κ1) is 29.1. The summed E-state index contributed by atoms with van der Waals surface area (Å²) in [5.41, 5.74) is 14.0. The predicted octanol–water partition coefficient (Wildman–Crippen LogP) is 13.6. The zero-order valence-corrected chi connectivity index (χ0v) is 28.4. The van der Waals surface area contributed by atoms with Crippen molar-refractivity contribution in [2.75, 3.05) is 0 Å². The van der Waals surface area contributed by atoms with E-state index in [0.717, 1.165) is 27.5 Å². The Morgan fingerprint density at radius 1 is 0.327 bits per heavy atom. The Morgan fingerprint density at radius 3 is 1.60 bits per heavy atom. The van der Waals surface area contributed by atoms with E-state index in [1.165, 1.54) is 71.6 Å². The zero-order valence-electron chi connectivity index (χ0n) is 28.4. The van der Waals surface area contributed by atoms with Crippen LogP contribution >= 0.6 is 0 Å². The molecule has 0 unspecified atom stereocenters. The topological polar surface area (TPSA) is 13.1 Å². The Labute approximate surface area is 302 Å². The third kappa shape index (κ3) is 4.17. The summed E-state index contributed by atoms with van der Waals surface area (Å²) in [6, 6.07) is 71.2. The van der Waals surface area contributed by atoms with Gasteiger partial charge in [0.25, 0.3) is 0 Å². The number of furan rings is 1. The lowest BCUT2D eigenvalue weighted by Gasteiger charge is -2.34. The van der Waals surface area contributed by atoms with Gasteiger partial charge in [0.15, 0.2) is 0 Å². The van der Waals surface area contributed by atoms with Gasteiger partial charge in [-0.3, -0.25) is 0 Å². The minimum absolute atomic E-state index is 0.447. The van der Waals surface area contributed by atoms with Crippen LogP contribution in [0.25, 0.3) is 76.9 Å². The molecule has 1 nitrogen and oxygen atoms in total. The SMILES string of the molecule is c1ccc(C2(c3ccccc3)c3ccccc3-c3ccc4ccc(-c5ccc6cc(-c7ccc8c(c7)oc7ccccc78)ccc6c5)cc4c32)cc1. The van der Waals surface area contributed by atoms with E-state index in [0.29, 0.717) is 0 Å². The summed E-state index contributed by atoms with van der Waals surface area (Å²) in [4.78, 5) is 0. The van der Waals surface area contributed by atoms with Crippen LogP contribution in [0.3, 0.4) is 0 Å². The van der Waals surface area contributed by atoms with Gasteiger partial charge in [-0.15, -0.1) is 0 Å². The first-order chi connectivity index (χ1) is 25.8. The number of rotatable bonds is 4. The highest BCUT2D eigenvalue weighted by atomic mass is 16.3. The molecule has 0 aliphatic heterocycles. The first-order valence-electron chi connectivity index (χ1n) is 18.0. The summed E-state index contributed by atoms with van der Waals surface area (Å²) in [6.45, 7) is 0. The molecule has 1 heterocycles. The molecule has 52 heavy (non-hydrogen) atoms. The molecule has 0 bridgehead atoms. The first-order valence-corrected chi connectivity index (χ1v) is 18.0. The number of para-hydroxylation sites is 1. The summed E-state index contributed by atoms with van der Waals surface area (Å²) in [7, 11) is 0. The van der Waals surface area contributed by atoms with Crippen LogP contribution in [-0.4, -0.2) is 0 Å². The molecule has 0 amide bonds. The van der Waals surface area contributed by atoms with Gasteiger partial charge in [-0.1, -0.05) is 158 Å². The number of fused-ring (bicyclic) bond motifs is 9. The summed E-state index contributed by atoms with van der Waals surface area (Å²) in [5.74, 6) is 0. The van der Waals surface area contributed by atoms with Crippen LogP contribution < -0.4 is 0 Å².